The van der Waals surface area contributed by atoms with Crippen LogP contribution < -0.4 is 10.2 Å². The Morgan fingerprint density at radius 1 is 1.09 bits per heavy atom. The van der Waals surface area contributed by atoms with Gasteiger partial charge in [-0.15, -0.1) is 22.7 Å². The lowest BCUT2D eigenvalue weighted by molar-refractivity contribution is -0.121. The third kappa shape index (κ3) is 6.14. The van der Waals surface area contributed by atoms with Gasteiger partial charge in [0.05, 0.1) is 17.1 Å². The van der Waals surface area contributed by atoms with Gasteiger partial charge < -0.3 is 15.1 Å². The van der Waals surface area contributed by atoms with Crippen molar-refractivity contribution in [3.8, 4) is 0 Å². The molecule has 0 bridgehead atoms. The fraction of sp³-hybridized carbons (Fsp3) is 0.720. The quantitative estimate of drug-likeness (QED) is 0.634. The van der Waals surface area contributed by atoms with Gasteiger partial charge in [-0.1, -0.05) is 0 Å². The summed E-state index contributed by atoms with van der Waals surface area (Å²) in [6, 6.07) is 0.354. The number of anilines is 1. The number of hydrogen-bond acceptors (Lipinski definition) is 7. The third-order valence-corrected chi connectivity index (χ3v) is 9.66. The molecule has 1 saturated carbocycles. The Hall–Kier alpha value is -1.51. The van der Waals surface area contributed by atoms with Crippen molar-refractivity contribution in [3.05, 3.63) is 26.7 Å². The zero-order valence-corrected chi connectivity index (χ0v) is 21.5. The van der Waals surface area contributed by atoms with Crippen LogP contribution in [0.1, 0.15) is 65.4 Å². The van der Waals surface area contributed by atoms with E-state index in [4.69, 9.17) is 4.98 Å². The van der Waals surface area contributed by atoms with Crippen LogP contribution in [-0.2, 0) is 24.1 Å². The van der Waals surface area contributed by atoms with Crippen LogP contribution in [0.15, 0.2) is 6.20 Å². The van der Waals surface area contributed by atoms with Gasteiger partial charge >= 0.3 is 0 Å². The smallest absolute Gasteiger partial charge is 0.225 e. The molecule has 2 aromatic rings. The van der Waals surface area contributed by atoms with Crippen molar-refractivity contribution in [1.82, 2.24) is 20.2 Å². The summed E-state index contributed by atoms with van der Waals surface area (Å²) in [5.41, 5.74) is 1.37. The minimum Gasteiger partial charge on any atom is -0.353 e. The lowest BCUT2D eigenvalue weighted by Crippen LogP contribution is -2.38. The Labute approximate surface area is 205 Å². The fourth-order valence-electron chi connectivity index (χ4n) is 5.55. The van der Waals surface area contributed by atoms with Crippen molar-refractivity contribution in [2.45, 2.75) is 77.2 Å². The molecule has 3 aliphatic rings. The number of carbonyl (C=O) groups excluding carboxylic acids is 1. The van der Waals surface area contributed by atoms with E-state index in [-0.39, 0.29) is 5.91 Å². The highest BCUT2D eigenvalue weighted by Gasteiger charge is 2.25. The molecule has 0 atom stereocenters. The van der Waals surface area contributed by atoms with Crippen LogP contribution in [0.4, 0.5) is 5.13 Å². The van der Waals surface area contributed by atoms with Gasteiger partial charge in [0.15, 0.2) is 5.13 Å². The van der Waals surface area contributed by atoms with E-state index in [1.54, 1.807) is 11.3 Å². The topological polar surface area (TPSA) is 61.4 Å². The summed E-state index contributed by atoms with van der Waals surface area (Å²) in [6.45, 7) is 7.91. The van der Waals surface area contributed by atoms with Crippen molar-refractivity contribution >= 4 is 33.7 Å². The molecule has 180 valence electrons. The molecule has 0 unspecified atom stereocenters. The molecule has 1 amide bonds. The zero-order chi connectivity index (χ0) is 22.6. The monoisotopic (exact) mass is 487 g/mol. The minimum absolute atomic E-state index is 0.153. The molecular weight excluding hydrogens is 450 g/mol. The van der Waals surface area contributed by atoms with Crippen molar-refractivity contribution in [2.75, 3.05) is 37.6 Å². The average molecular weight is 488 g/mol. The van der Waals surface area contributed by atoms with E-state index in [0.29, 0.717) is 12.5 Å². The number of carbonyl (C=O) groups is 1. The van der Waals surface area contributed by atoms with Gasteiger partial charge in [0.2, 0.25) is 5.91 Å². The Morgan fingerprint density at radius 3 is 2.64 bits per heavy atom. The highest BCUT2D eigenvalue weighted by molar-refractivity contribution is 7.15. The van der Waals surface area contributed by atoms with Gasteiger partial charge in [0.25, 0.3) is 0 Å². The van der Waals surface area contributed by atoms with E-state index in [1.165, 1.54) is 80.4 Å². The summed E-state index contributed by atoms with van der Waals surface area (Å²) in [6.07, 6.45) is 13.2. The third-order valence-electron chi connectivity index (χ3n) is 7.53. The van der Waals surface area contributed by atoms with Gasteiger partial charge in [-0.25, -0.2) is 9.97 Å². The molecule has 8 heteroatoms. The van der Waals surface area contributed by atoms with Crippen LogP contribution >= 0.6 is 22.7 Å². The zero-order valence-electron chi connectivity index (χ0n) is 19.9. The highest BCUT2D eigenvalue weighted by atomic mass is 32.1. The minimum atomic E-state index is 0.153. The van der Waals surface area contributed by atoms with Crippen LogP contribution in [0, 0.1) is 12.8 Å². The molecule has 33 heavy (non-hydrogen) atoms. The van der Waals surface area contributed by atoms with Gasteiger partial charge in [0.1, 0.15) is 0 Å². The molecule has 0 spiro atoms. The number of nitrogens with zero attached hydrogens (tertiary/aromatic N) is 4. The maximum atomic E-state index is 12.4. The lowest BCUT2D eigenvalue weighted by atomic mass is 9.84. The van der Waals surface area contributed by atoms with E-state index in [9.17, 15) is 4.79 Å². The standard InChI is InChI=1S/C25H37N5OS2/c1-18-26-17-21(32-18)16-24(31)27-20-6-4-19(5-7-20)8-13-29-14-9-22-23(10-15-29)33-25(28-22)30-11-2-3-12-30/h17,19-20H,2-16H2,1H3,(H,27,31). The SMILES string of the molecule is Cc1ncc(CC(=O)NC2CCC(CCN3CCc4nc(N5CCCC5)sc4CC3)CC2)s1. The van der Waals surface area contributed by atoms with E-state index < -0.39 is 0 Å². The van der Waals surface area contributed by atoms with Crippen LogP contribution in [0.3, 0.4) is 0 Å². The number of aryl methyl sites for hydroxylation is 1. The van der Waals surface area contributed by atoms with Crippen LogP contribution in [0.25, 0.3) is 0 Å². The largest absolute Gasteiger partial charge is 0.353 e. The summed E-state index contributed by atoms with van der Waals surface area (Å²) < 4.78 is 0. The first kappa shape index (κ1) is 23.2. The average Bonchev–Trinajstić information content (AvgIpc) is 3.54. The first-order valence-corrected chi connectivity index (χ1v) is 14.4. The Balaban J connectivity index is 1.00. The Kier molecular flexibility index (Phi) is 7.62. The van der Waals surface area contributed by atoms with Crippen LogP contribution in [0.5, 0.6) is 0 Å². The van der Waals surface area contributed by atoms with E-state index in [1.807, 2.05) is 24.5 Å². The Bertz CT molecular complexity index is 902. The van der Waals surface area contributed by atoms with Gasteiger partial charge in [-0.3, -0.25) is 4.79 Å². The van der Waals surface area contributed by atoms with E-state index in [2.05, 4.69) is 20.1 Å². The molecule has 2 aliphatic heterocycles. The van der Waals surface area contributed by atoms with Gasteiger partial charge in [-0.05, 0) is 70.8 Å². The molecule has 4 heterocycles. The maximum absolute atomic E-state index is 12.4. The second kappa shape index (κ2) is 10.8. The summed E-state index contributed by atoms with van der Waals surface area (Å²) >= 11 is 3.57. The number of thiazole rings is 2. The highest BCUT2D eigenvalue weighted by Crippen LogP contribution is 2.32. The molecule has 0 radical (unpaired) electrons. The van der Waals surface area contributed by atoms with Gasteiger partial charge in [-0.2, -0.15) is 0 Å². The van der Waals surface area contributed by atoms with Crippen LogP contribution in [-0.4, -0.2) is 59.5 Å². The molecular formula is C25H37N5OS2. The molecule has 2 fully saturated rings. The summed E-state index contributed by atoms with van der Waals surface area (Å²) in [5, 5.41) is 5.57. The lowest BCUT2D eigenvalue weighted by Gasteiger charge is -2.30. The molecule has 1 N–H and O–H groups in total. The number of rotatable bonds is 7. The predicted octanol–water partition coefficient (Wildman–Crippen LogP) is 4.22. The van der Waals surface area contributed by atoms with Crippen molar-refractivity contribution in [2.24, 2.45) is 5.92 Å². The van der Waals surface area contributed by atoms with Gasteiger partial charge in [0, 0.05) is 54.6 Å². The molecule has 6 nitrogen and oxygen atoms in total. The molecule has 0 aromatic carbocycles. The normalized spacial score (nSPS) is 24.0. The number of amides is 1. The Morgan fingerprint density at radius 2 is 1.88 bits per heavy atom. The number of nitrogens with one attached hydrogen (secondary N) is 1. The second-order valence-corrected chi connectivity index (χ2v) is 12.4. The molecule has 1 aliphatic carbocycles. The summed E-state index contributed by atoms with van der Waals surface area (Å²) in [7, 11) is 0. The van der Waals surface area contributed by atoms with Crippen molar-refractivity contribution < 1.29 is 4.79 Å². The summed E-state index contributed by atoms with van der Waals surface area (Å²) in [5.74, 6) is 0.958. The number of aromatic nitrogens is 2. The number of hydrogen-bond donors (Lipinski definition) is 1. The first-order valence-electron chi connectivity index (χ1n) is 12.8. The predicted molar refractivity (Wildman–Crippen MR) is 136 cm³/mol. The number of fused-ring (bicyclic) bond motifs is 1. The van der Waals surface area contributed by atoms with E-state index >= 15 is 0 Å². The van der Waals surface area contributed by atoms with Crippen molar-refractivity contribution in [1.29, 1.82) is 0 Å². The van der Waals surface area contributed by atoms with E-state index in [0.717, 1.165) is 41.6 Å². The first-order chi connectivity index (χ1) is 16.1. The summed E-state index contributed by atoms with van der Waals surface area (Å²) in [4.78, 5) is 29.4. The second-order valence-electron chi connectivity index (χ2n) is 10.00. The molecule has 1 saturated heterocycles. The van der Waals surface area contributed by atoms with Crippen LogP contribution in [0.2, 0.25) is 0 Å². The maximum Gasteiger partial charge on any atom is 0.225 e. The fourth-order valence-corrected chi connectivity index (χ4v) is 7.49. The van der Waals surface area contributed by atoms with Crippen molar-refractivity contribution in [3.63, 3.8) is 0 Å². The molecule has 5 rings (SSSR count). The molecule has 2 aromatic heterocycles.